The maximum atomic E-state index is 13.7. The highest BCUT2D eigenvalue weighted by atomic mass is 16.5. The van der Waals surface area contributed by atoms with Crippen molar-refractivity contribution in [3.8, 4) is 5.75 Å². The molecule has 5 heteroatoms. The molecule has 0 spiro atoms. The topological polar surface area (TPSA) is 58.6 Å². The zero-order valence-corrected chi connectivity index (χ0v) is 19.7. The fourth-order valence-electron chi connectivity index (χ4n) is 4.04. The first-order valence-electron chi connectivity index (χ1n) is 11.1. The molecule has 33 heavy (non-hydrogen) atoms. The van der Waals surface area contributed by atoms with Crippen molar-refractivity contribution in [2.75, 3.05) is 16.8 Å². The predicted molar refractivity (Wildman–Crippen MR) is 132 cm³/mol. The van der Waals surface area contributed by atoms with Gasteiger partial charge in [-0.2, -0.15) is 0 Å². The average Bonchev–Trinajstić information content (AvgIpc) is 3.01. The third kappa shape index (κ3) is 4.27. The summed E-state index contributed by atoms with van der Waals surface area (Å²) in [7, 11) is 0. The number of rotatable bonds is 6. The van der Waals surface area contributed by atoms with Gasteiger partial charge in [0.2, 0.25) is 0 Å². The van der Waals surface area contributed by atoms with Gasteiger partial charge in [0, 0.05) is 5.69 Å². The molecule has 0 aliphatic carbocycles. The number of hydrogen-bond acceptors (Lipinski definition) is 4. The Kier molecular flexibility index (Phi) is 6.05. The molecule has 168 valence electrons. The molecular formula is C28H28N2O3. The summed E-state index contributed by atoms with van der Waals surface area (Å²) >= 11 is 0. The molecule has 3 aromatic rings. The Bertz CT molecular complexity index is 1270. The highest BCUT2D eigenvalue weighted by molar-refractivity contribution is 6.46. The number of carbonyl (C=O) groups excluding carboxylic acids is 2. The van der Waals surface area contributed by atoms with E-state index in [1.807, 2.05) is 95.3 Å². The second-order valence-corrected chi connectivity index (χ2v) is 8.37. The lowest BCUT2D eigenvalue weighted by Gasteiger charge is -2.18. The van der Waals surface area contributed by atoms with Crippen LogP contribution in [0.1, 0.15) is 34.7 Å². The lowest BCUT2D eigenvalue weighted by molar-refractivity contribution is -0.120. The van der Waals surface area contributed by atoms with Gasteiger partial charge in [-0.1, -0.05) is 35.9 Å². The van der Waals surface area contributed by atoms with Crippen LogP contribution in [-0.2, 0) is 9.59 Å². The zero-order chi connectivity index (χ0) is 23.7. The van der Waals surface area contributed by atoms with Crippen LogP contribution in [0.4, 0.5) is 11.4 Å². The van der Waals surface area contributed by atoms with E-state index in [1.165, 1.54) is 4.90 Å². The van der Waals surface area contributed by atoms with E-state index < -0.39 is 0 Å². The molecule has 0 saturated carbocycles. The van der Waals surface area contributed by atoms with Crippen LogP contribution in [-0.4, -0.2) is 18.4 Å². The van der Waals surface area contributed by atoms with Gasteiger partial charge < -0.3 is 10.1 Å². The van der Waals surface area contributed by atoms with Crippen LogP contribution in [0.3, 0.4) is 0 Å². The van der Waals surface area contributed by atoms with Gasteiger partial charge in [0.05, 0.1) is 17.9 Å². The minimum Gasteiger partial charge on any atom is -0.494 e. The van der Waals surface area contributed by atoms with E-state index in [2.05, 4.69) is 5.32 Å². The second-order valence-electron chi connectivity index (χ2n) is 8.37. The van der Waals surface area contributed by atoms with Crippen molar-refractivity contribution >= 4 is 28.8 Å². The Hall–Kier alpha value is -3.86. The fourth-order valence-corrected chi connectivity index (χ4v) is 4.04. The molecule has 3 aromatic carbocycles. The number of benzene rings is 3. The molecule has 5 nitrogen and oxygen atoms in total. The minimum atomic E-state index is -0.367. The zero-order valence-electron chi connectivity index (χ0n) is 19.7. The molecule has 1 aliphatic heterocycles. The first-order chi connectivity index (χ1) is 15.8. The van der Waals surface area contributed by atoms with Gasteiger partial charge in [-0.15, -0.1) is 0 Å². The Morgan fingerprint density at radius 3 is 2.15 bits per heavy atom. The number of anilines is 2. The summed E-state index contributed by atoms with van der Waals surface area (Å²) in [5.41, 5.74) is 6.84. The smallest absolute Gasteiger partial charge is 0.282 e. The molecular weight excluding hydrogens is 412 g/mol. The summed E-state index contributed by atoms with van der Waals surface area (Å²) in [6.45, 7) is 10.4. The second kappa shape index (κ2) is 8.94. The van der Waals surface area contributed by atoms with Gasteiger partial charge in [0.25, 0.3) is 11.8 Å². The van der Waals surface area contributed by atoms with E-state index in [1.54, 1.807) is 0 Å². The highest BCUT2D eigenvalue weighted by Gasteiger charge is 2.40. The van der Waals surface area contributed by atoms with E-state index in [-0.39, 0.29) is 17.5 Å². The molecule has 0 bridgehead atoms. The third-order valence-electron chi connectivity index (χ3n) is 5.91. The Balaban J connectivity index is 1.82. The summed E-state index contributed by atoms with van der Waals surface area (Å²) < 4.78 is 5.54. The van der Waals surface area contributed by atoms with E-state index in [0.29, 0.717) is 29.2 Å². The number of amides is 2. The van der Waals surface area contributed by atoms with Crippen LogP contribution in [0.15, 0.2) is 66.4 Å². The standard InChI is InChI=1S/C28H28N2O3/c1-6-33-23-12-9-21(10-13-23)25-26(29-22-11-8-18(3)19(4)16-22)28(32)30(27(25)31)24-14-7-17(2)15-20(24)5/h7-16,29H,6H2,1-5H3. The van der Waals surface area contributed by atoms with Gasteiger partial charge in [-0.25, -0.2) is 4.90 Å². The minimum absolute atomic E-state index is 0.271. The number of imide groups is 1. The molecule has 0 radical (unpaired) electrons. The quantitative estimate of drug-likeness (QED) is 0.499. The predicted octanol–water partition coefficient (Wildman–Crippen LogP) is 5.72. The maximum Gasteiger partial charge on any atom is 0.282 e. The molecule has 1 N–H and O–H groups in total. The van der Waals surface area contributed by atoms with Crippen LogP contribution in [0.25, 0.3) is 5.57 Å². The van der Waals surface area contributed by atoms with Crippen molar-refractivity contribution < 1.29 is 14.3 Å². The number of hydrogen-bond donors (Lipinski definition) is 1. The molecule has 0 fully saturated rings. The molecule has 0 unspecified atom stereocenters. The van der Waals surface area contributed by atoms with Gasteiger partial charge in [0.1, 0.15) is 11.4 Å². The van der Waals surface area contributed by atoms with E-state index in [0.717, 1.165) is 27.9 Å². The van der Waals surface area contributed by atoms with Gasteiger partial charge >= 0.3 is 0 Å². The summed E-state index contributed by atoms with van der Waals surface area (Å²) in [6.07, 6.45) is 0. The van der Waals surface area contributed by atoms with E-state index in [9.17, 15) is 9.59 Å². The molecule has 4 rings (SSSR count). The lowest BCUT2D eigenvalue weighted by Crippen LogP contribution is -2.33. The van der Waals surface area contributed by atoms with Crippen LogP contribution in [0.2, 0.25) is 0 Å². The van der Waals surface area contributed by atoms with E-state index in [4.69, 9.17) is 4.74 Å². The van der Waals surface area contributed by atoms with Gasteiger partial charge in [-0.3, -0.25) is 9.59 Å². The number of nitrogens with zero attached hydrogens (tertiary/aromatic N) is 1. The first kappa shape index (κ1) is 22.3. The largest absolute Gasteiger partial charge is 0.494 e. The van der Waals surface area contributed by atoms with Crippen LogP contribution >= 0.6 is 0 Å². The van der Waals surface area contributed by atoms with Gasteiger partial charge in [0.15, 0.2) is 0 Å². The molecule has 0 aromatic heterocycles. The molecule has 0 atom stereocenters. The van der Waals surface area contributed by atoms with Crippen molar-refractivity contribution in [2.45, 2.75) is 34.6 Å². The summed E-state index contributed by atoms with van der Waals surface area (Å²) in [5.74, 6) is 0.00467. The maximum absolute atomic E-state index is 13.7. The van der Waals surface area contributed by atoms with Crippen molar-refractivity contribution in [1.82, 2.24) is 0 Å². The van der Waals surface area contributed by atoms with Crippen LogP contribution < -0.4 is 15.0 Å². The molecule has 0 saturated heterocycles. The molecule has 2 amide bonds. The normalized spacial score (nSPS) is 13.7. The SMILES string of the molecule is CCOc1ccc(C2=C(Nc3ccc(C)c(C)c3)C(=O)N(c3ccc(C)cc3C)C2=O)cc1. The Morgan fingerprint density at radius 1 is 0.788 bits per heavy atom. The van der Waals surface area contributed by atoms with Gasteiger partial charge in [-0.05, 0) is 87.2 Å². The summed E-state index contributed by atoms with van der Waals surface area (Å²) in [5, 5.41) is 3.24. The third-order valence-corrected chi connectivity index (χ3v) is 5.91. The number of nitrogens with one attached hydrogen (secondary N) is 1. The van der Waals surface area contributed by atoms with Crippen molar-refractivity contribution in [3.05, 3.63) is 94.2 Å². The van der Waals surface area contributed by atoms with Crippen molar-refractivity contribution in [1.29, 1.82) is 0 Å². The average molecular weight is 441 g/mol. The first-order valence-corrected chi connectivity index (χ1v) is 11.1. The van der Waals surface area contributed by atoms with E-state index >= 15 is 0 Å². The summed E-state index contributed by atoms with van der Waals surface area (Å²) in [6, 6.07) is 18.9. The van der Waals surface area contributed by atoms with Crippen molar-refractivity contribution in [2.24, 2.45) is 0 Å². The Morgan fingerprint density at radius 2 is 1.52 bits per heavy atom. The number of ether oxygens (including phenoxy) is 1. The lowest BCUT2D eigenvalue weighted by atomic mass is 10.0. The fraction of sp³-hybridized carbons (Fsp3) is 0.214. The number of carbonyl (C=O) groups is 2. The Labute approximate surface area is 194 Å². The van der Waals surface area contributed by atoms with Crippen molar-refractivity contribution in [3.63, 3.8) is 0 Å². The highest BCUT2D eigenvalue weighted by Crippen LogP contribution is 2.36. The monoisotopic (exact) mass is 440 g/mol. The molecule has 1 heterocycles. The molecule has 1 aliphatic rings. The summed E-state index contributed by atoms with van der Waals surface area (Å²) in [4.78, 5) is 28.6. The van der Waals surface area contributed by atoms with Crippen LogP contribution in [0, 0.1) is 27.7 Å². The number of aryl methyl sites for hydroxylation is 4. The van der Waals surface area contributed by atoms with Crippen LogP contribution in [0.5, 0.6) is 5.75 Å².